The van der Waals surface area contributed by atoms with Crippen molar-refractivity contribution in [3.8, 4) is 22.8 Å². The Morgan fingerprint density at radius 1 is 0.609 bits per heavy atom. The minimum atomic E-state index is 0. The molecule has 0 N–H and O–H groups in total. The largest absolute Gasteiger partial charge is 2.00 e. The minimum Gasteiger partial charge on any atom is -0.574 e. The molecular formula is C14H10N8Pt. The van der Waals surface area contributed by atoms with Gasteiger partial charge in [0.1, 0.15) is 12.7 Å². The summed E-state index contributed by atoms with van der Waals surface area (Å²) < 4.78 is 0. The second kappa shape index (κ2) is 8.65. The topological polar surface area (TPSA) is 106 Å². The Balaban J connectivity index is 0.000000160. The van der Waals surface area contributed by atoms with Crippen LogP contribution in [0.5, 0.6) is 0 Å². The fourth-order valence-electron chi connectivity index (χ4n) is 1.62. The van der Waals surface area contributed by atoms with Crippen LogP contribution >= 0.6 is 0 Å². The van der Waals surface area contributed by atoms with Gasteiger partial charge in [-0.3, -0.25) is 0 Å². The molecule has 4 heterocycles. The van der Waals surface area contributed by atoms with Gasteiger partial charge in [0.2, 0.25) is 0 Å². The van der Waals surface area contributed by atoms with Crippen LogP contribution in [0.4, 0.5) is 0 Å². The van der Waals surface area contributed by atoms with E-state index in [1.165, 1.54) is 12.7 Å². The Hall–Kier alpha value is -2.73. The van der Waals surface area contributed by atoms with E-state index in [2.05, 4.69) is 40.3 Å². The van der Waals surface area contributed by atoms with E-state index in [0.717, 1.165) is 22.8 Å². The second-order valence-corrected chi connectivity index (χ2v) is 4.02. The molecule has 4 aromatic rings. The molecule has 0 spiro atoms. The van der Waals surface area contributed by atoms with Crippen molar-refractivity contribution in [1.82, 2.24) is 40.3 Å². The van der Waals surface area contributed by atoms with Gasteiger partial charge < -0.3 is 20.4 Å². The third-order valence-corrected chi connectivity index (χ3v) is 2.62. The molecule has 0 radical (unpaired) electrons. The number of hydrogen-bond donors (Lipinski definition) is 0. The van der Waals surface area contributed by atoms with E-state index < -0.39 is 0 Å². The molecule has 0 aliphatic rings. The molecule has 0 aromatic carbocycles. The van der Waals surface area contributed by atoms with Crippen LogP contribution in [0, 0.1) is 0 Å². The number of rotatable bonds is 2. The fraction of sp³-hybridized carbons (Fsp3) is 0. The average molecular weight is 485 g/mol. The summed E-state index contributed by atoms with van der Waals surface area (Å²) in [6.45, 7) is 0. The van der Waals surface area contributed by atoms with Gasteiger partial charge in [-0.15, -0.1) is 0 Å². The van der Waals surface area contributed by atoms with E-state index in [9.17, 15) is 0 Å². The summed E-state index contributed by atoms with van der Waals surface area (Å²) in [7, 11) is 0. The van der Waals surface area contributed by atoms with Crippen LogP contribution in [0.15, 0.2) is 61.7 Å². The van der Waals surface area contributed by atoms with Crippen LogP contribution in [0.25, 0.3) is 22.8 Å². The Morgan fingerprint density at radius 3 is 1.39 bits per heavy atom. The van der Waals surface area contributed by atoms with Crippen molar-refractivity contribution in [1.29, 1.82) is 0 Å². The molecule has 0 aliphatic heterocycles. The van der Waals surface area contributed by atoms with Crippen LogP contribution in [0.3, 0.4) is 0 Å². The summed E-state index contributed by atoms with van der Waals surface area (Å²) in [5.74, 6) is 0. The van der Waals surface area contributed by atoms with Gasteiger partial charge >= 0.3 is 21.1 Å². The second-order valence-electron chi connectivity index (χ2n) is 4.02. The molecule has 9 heteroatoms. The molecule has 4 aromatic heterocycles. The first kappa shape index (κ1) is 16.6. The number of aromatic nitrogens is 8. The van der Waals surface area contributed by atoms with Gasteiger partial charge in [-0.05, 0) is 12.1 Å². The first-order valence-corrected chi connectivity index (χ1v) is 6.35. The molecule has 116 valence electrons. The van der Waals surface area contributed by atoms with E-state index >= 15 is 0 Å². The third-order valence-electron chi connectivity index (χ3n) is 2.62. The van der Waals surface area contributed by atoms with Crippen LogP contribution in [-0.4, -0.2) is 30.1 Å². The van der Waals surface area contributed by atoms with Gasteiger partial charge in [0.05, 0.1) is 11.4 Å². The zero-order valence-electron chi connectivity index (χ0n) is 11.7. The van der Waals surface area contributed by atoms with E-state index in [-0.39, 0.29) is 21.1 Å². The number of nitrogens with zero attached hydrogens (tertiary/aromatic N) is 8. The van der Waals surface area contributed by atoms with E-state index in [1.807, 2.05) is 12.1 Å². The minimum absolute atomic E-state index is 0. The first-order valence-electron chi connectivity index (χ1n) is 6.35. The molecule has 0 bridgehead atoms. The molecule has 0 aliphatic carbocycles. The Bertz CT molecular complexity index is 703. The molecule has 0 saturated carbocycles. The average Bonchev–Trinajstić information content (AvgIpc) is 3.31. The monoisotopic (exact) mass is 485 g/mol. The molecular weight excluding hydrogens is 475 g/mol. The predicted molar refractivity (Wildman–Crippen MR) is 77.2 cm³/mol. The van der Waals surface area contributed by atoms with Crippen LogP contribution in [-0.2, 0) is 21.1 Å². The van der Waals surface area contributed by atoms with Crippen LogP contribution < -0.4 is 10.2 Å². The summed E-state index contributed by atoms with van der Waals surface area (Å²) in [6, 6.07) is 7.21. The van der Waals surface area contributed by atoms with Gasteiger partial charge in [-0.2, -0.15) is 0 Å². The summed E-state index contributed by atoms with van der Waals surface area (Å²) in [4.78, 5) is 15.6. The maximum absolute atomic E-state index is 4.01. The van der Waals surface area contributed by atoms with Crippen molar-refractivity contribution in [2.45, 2.75) is 0 Å². The van der Waals surface area contributed by atoms with Crippen LogP contribution in [0.2, 0.25) is 0 Å². The Labute approximate surface area is 146 Å². The zero-order chi connectivity index (χ0) is 15.0. The maximum Gasteiger partial charge on any atom is 2.00 e. The van der Waals surface area contributed by atoms with Gasteiger partial charge in [0, 0.05) is 24.8 Å². The van der Waals surface area contributed by atoms with E-state index in [0.29, 0.717) is 0 Å². The van der Waals surface area contributed by atoms with Crippen molar-refractivity contribution in [2.24, 2.45) is 0 Å². The van der Waals surface area contributed by atoms with Crippen molar-refractivity contribution in [3.63, 3.8) is 0 Å². The first-order chi connectivity index (χ1) is 10.9. The molecule has 0 saturated heterocycles. The molecule has 0 fully saturated rings. The molecule has 0 atom stereocenters. The SMILES string of the molecule is [Pt+2].c1cc(-c2ccn[n-]2)ncn1.c1cc(-c2ccn[n-]2)ncn1. The molecule has 0 amide bonds. The predicted octanol–water partition coefficient (Wildman–Crippen LogP) is 0.989. The molecule has 4 rings (SSSR count). The quantitative estimate of drug-likeness (QED) is 0.414. The third kappa shape index (κ3) is 4.62. The molecule has 8 nitrogen and oxygen atoms in total. The Kier molecular flexibility index (Phi) is 6.26. The van der Waals surface area contributed by atoms with Gasteiger partial charge in [-0.1, -0.05) is 23.5 Å². The van der Waals surface area contributed by atoms with Gasteiger partial charge in [-0.25, -0.2) is 19.9 Å². The van der Waals surface area contributed by atoms with Crippen molar-refractivity contribution in [2.75, 3.05) is 0 Å². The van der Waals surface area contributed by atoms with Crippen molar-refractivity contribution >= 4 is 0 Å². The van der Waals surface area contributed by atoms with E-state index in [1.54, 1.807) is 36.9 Å². The normalized spacial score (nSPS) is 9.39. The molecule has 23 heavy (non-hydrogen) atoms. The zero-order valence-corrected chi connectivity index (χ0v) is 13.9. The standard InChI is InChI=1S/2C7H5N4.Pt/c2*1-3-8-5-9-6(1)7-2-4-10-11-7;/h2*1-5H;/q2*-1;+2. The summed E-state index contributed by atoms with van der Waals surface area (Å²) in [5, 5.41) is 15.1. The summed E-state index contributed by atoms with van der Waals surface area (Å²) in [5.41, 5.74) is 3.18. The van der Waals surface area contributed by atoms with Crippen molar-refractivity contribution in [3.05, 3.63) is 61.7 Å². The summed E-state index contributed by atoms with van der Waals surface area (Å²) in [6.07, 6.45) is 9.61. The maximum atomic E-state index is 4.01. The smallest absolute Gasteiger partial charge is 0.574 e. The van der Waals surface area contributed by atoms with E-state index in [4.69, 9.17) is 0 Å². The van der Waals surface area contributed by atoms with Crippen molar-refractivity contribution < 1.29 is 21.1 Å². The number of hydrogen-bond acceptors (Lipinski definition) is 6. The van der Waals surface area contributed by atoms with Gasteiger partial charge in [0.15, 0.2) is 0 Å². The summed E-state index contributed by atoms with van der Waals surface area (Å²) >= 11 is 0. The Morgan fingerprint density at radius 2 is 1.09 bits per heavy atom. The van der Waals surface area contributed by atoms with Crippen LogP contribution in [0.1, 0.15) is 0 Å². The fourth-order valence-corrected chi connectivity index (χ4v) is 1.62. The van der Waals surface area contributed by atoms with Gasteiger partial charge in [0.25, 0.3) is 0 Å². The molecule has 0 unspecified atom stereocenters.